The van der Waals surface area contributed by atoms with Crippen LogP contribution in [0.1, 0.15) is 0 Å². The van der Waals surface area contributed by atoms with E-state index in [1.165, 1.54) is 0 Å². The SMILES string of the molecule is [Li+].[c-]1cc2c3ccccc3c3nnnnc3c2nn1. The molecule has 0 aliphatic heterocycles. The number of fused-ring (bicyclic) bond motifs is 6. The summed E-state index contributed by atoms with van der Waals surface area (Å²) >= 11 is 0. The predicted molar refractivity (Wildman–Crippen MR) is 64.6 cm³/mol. The van der Waals surface area contributed by atoms with Gasteiger partial charge in [-0.15, -0.1) is 21.8 Å². The molecule has 0 bridgehead atoms. The third kappa shape index (κ3) is 1.65. The third-order valence-corrected chi connectivity index (χ3v) is 2.92. The molecule has 4 rings (SSSR count). The predicted octanol–water partition coefficient (Wildman–Crippen LogP) is -1.68. The average molecular weight is 240 g/mol. The van der Waals surface area contributed by atoms with E-state index in [0.29, 0.717) is 16.6 Å². The summed E-state index contributed by atoms with van der Waals surface area (Å²) in [7, 11) is 0. The van der Waals surface area contributed by atoms with E-state index >= 15 is 0 Å². The Morgan fingerprint density at radius 3 is 2.26 bits per heavy atom. The van der Waals surface area contributed by atoms with Crippen LogP contribution in [0.3, 0.4) is 0 Å². The molecule has 4 aromatic rings. The van der Waals surface area contributed by atoms with Crippen LogP contribution in [0.25, 0.3) is 32.7 Å². The van der Waals surface area contributed by atoms with Crippen LogP contribution in [0.2, 0.25) is 0 Å². The monoisotopic (exact) mass is 240 g/mol. The zero-order valence-electron chi connectivity index (χ0n) is 10.1. The van der Waals surface area contributed by atoms with Crippen molar-refractivity contribution < 1.29 is 18.9 Å². The molecule has 0 unspecified atom stereocenters. The smallest absolute Gasteiger partial charge is 0.267 e. The Morgan fingerprint density at radius 1 is 0.737 bits per heavy atom. The number of hydrogen-bond acceptors (Lipinski definition) is 6. The second kappa shape index (κ2) is 4.50. The minimum absolute atomic E-state index is 0. The van der Waals surface area contributed by atoms with Crippen LogP contribution < -0.4 is 18.9 Å². The molecule has 0 radical (unpaired) electrons. The van der Waals surface area contributed by atoms with Crippen LogP contribution in [-0.4, -0.2) is 30.8 Å². The van der Waals surface area contributed by atoms with E-state index in [4.69, 9.17) is 0 Å². The first kappa shape index (κ1) is 11.9. The van der Waals surface area contributed by atoms with E-state index in [-0.39, 0.29) is 18.9 Å². The molecular formula is C12H5LiN6. The van der Waals surface area contributed by atoms with Gasteiger partial charge < -0.3 is 0 Å². The Kier molecular flexibility index (Phi) is 2.82. The van der Waals surface area contributed by atoms with Crippen LogP contribution >= 0.6 is 0 Å². The van der Waals surface area contributed by atoms with Gasteiger partial charge >= 0.3 is 18.9 Å². The fourth-order valence-electron chi connectivity index (χ4n) is 2.16. The Hall–Kier alpha value is -2.16. The average Bonchev–Trinajstić information content (AvgIpc) is 2.48. The summed E-state index contributed by atoms with van der Waals surface area (Å²) in [5.74, 6) is 0. The van der Waals surface area contributed by atoms with Gasteiger partial charge in [0.05, 0.1) is 0 Å². The van der Waals surface area contributed by atoms with Crippen molar-refractivity contribution in [3.8, 4) is 0 Å². The number of rotatable bonds is 0. The van der Waals surface area contributed by atoms with Gasteiger partial charge in [0, 0.05) is 5.52 Å². The molecule has 84 valence electrons. The molecule has 0 spiro atoms. The zero-order chi connectivity index (χ0) is 11.9. The van der Waals surface area contributed by atoms with Gasteiger partial charge in [-0.25, -0.2) is 6.07 Å². The van der Waals surface area contributed by atoms with E-state index in [9.17, 15) is 0 Å². The molecule has 0 saturated carbocycles. The first-order valence-corrected chi connectivity index (χ1v) is 5.35. The Morgan fingerprint density at radius 2 is 1.42 bits per heavy atom. The van der Waals surface area contributed by atoms with Crippen LogP contribution in [0.5, 0.6) is 0 Å². The van der Waals surface area contributed by atoms with Crippen molar-refractivity contribution in [3.05, 3.63) is 36.5 Å². The van der Waals surface area contributed by atoms with Gasteiger partial charge in [0.2, 0.25) is 0 Å². The maximum Gasteiger partial charge on any atom is 1.00 e. The molecule has 0 saturated heterocycles. The summed E-state index contributed by atoms with van der Waals surface area (Å²) in [6, 6.07) is 9.71. The zero-order valence-corrected chi connectivity index (χ0v) is 10.1. The number of nitrogens with zero attached hydrogens (tertiary/aromatic N) is 6. The van der Waals surface area contributed by atoms with E-state index in [2.05, 4.69) is 37.0 Å². The molecule has 2 heterocycles. The molecule has 2 aromatic heterocycles. The molecule has 19 heavy (non-hydrogen) atoms. The molecule has 7 heteroatoms. The topological polar surface area (TPSA) is 77.3 Å². The standard InChI is InChI=1S/C12H5N6.Li/c1-2-4-8-7(3-1)9-5-6-13-14-10(9)12-11(8)15-17-18-16-12;/h1-5H;/q-1;+1. The van der Waals surface area contributed by atoms with Crippen LogP contribution in [0.15, 0.2) is 30.3 Å². The minimum atomic E-state index is 0. The molecule has 0 atom stereocenters. The van der Waals surface area contributed by atoms with Crippen molar-refractivity contribution in [3.63, 3.8) is 0 Å². The van der Waals surface area contributed by atoms with Crippen LogP contribution in [0, 0.1) is 6.20 Å². The maximum atomic E-state index is 4.08. The molecule has 6 nitrogen and oxygen atoms in total. The molecule has 0 N–H and O–H groups in total. The Balaban J connectivity index is 0.00000110. The fraction of sp³-hybridized carbons (Fsp3) is 0. The first-order chi connectivity index (χ1) is 8.95. The van der Waals surface area contributed by atoms with Crippen LogP contribution in [-0.2, 0) is 0 Å². The fourth-order valence-corrected chi connectivity index (χ4v) is 2.16. The molecule has 2 aromatic carbocycles. The maximum absolute atomic E-state index is 4.08. The summed E-state index contributed by atoms with van der Waals surface area (Å²) in [6.07, 6.45) is 2.75. The number of aromatic nitrogens is 6. The summed E-state index contributed by atoms with van der Waals surface area (Å²) < 4.78 is 0. The number of benzene rings is 2. The van der Waals surface area contributed by atoms with Crippen molar-refractivity contribution in [2.75, 3.05) is 0 Å². The summed E-state index contributed by atoms with van der Waals surface area (Å²) in [5, 5.41) is 26.1. The van der Waals surface area contributed by atoms with Crippen LogP contribution in [0.4, 0.5) is 0 Å². The van der Waals surface area contributed by atoms with Gasteiger partial charge in [-0.1, -0.05) is 29.7 Å². The van der Waals surface area contributed by atoms with E-state index in [1.807, 2.05) is 24.3 Å². The van der Waals surface area contributed by atoms with Crippen molar-refractivity contribution in [1.82, 2.24) is 30.8 Å². The van der Waals surface area contributed by atoms with E-state index in [1.54, 1.807) is 6.07 Å². The van der Waals surface area contributed by atoms with Gasteiger partial charge in [-0.3, -0.25) is 5.10 Å². The van der Waals surface area contributed by atoms with Gasteiger partial charge in [0.1, 0.15) is 11.0 Å². The summed E-state index contributed by atoms with van der Waals surface area (Å²) in [5.41, 5.74) is 1.97. The summed E-state index contributed by atoms with van der Waals surface area (Å²) in [6.45, 7) is 0. The largest absolute Gasteiger partial charge is 1.00 e. The quantitative estimate of drug-likeness (QED) is 0.207. The first-order valence-electron chi connectivity index (χ1n) is 5.35. The van der Waals surface area contributed by atoms with Gasteiger partial charge in [-0.2, -0.15) is 5.10 Å². The second-order valence-electron chi connectivity index (χ2n) is 3.86. The van der Waals surface area contributed by atoms with E-state index < -0.39 is 0 Å². The minimum Gasteiger partial charge on any atom is -0.267 e. The van der Waals surface area contributed by atoms with Gasteiger partial charge in [-0.05, 0) is 15.8 Å². The third-order valence-electron chi connectivity index (χ3n) is 2.92. The molecule has 0 fully saturated rings. The Bertz CT molecular complexity index is 674. The van der Waals surface area contributed by atoms with Gasteiger partial charge in [0.15, 0.2) is 0 Å². The van der Waals surface area contributed by atoms with Crippen molar-refractivity contribution >= 4 is 32.7 Å². The second-order valence-corrected chi connectivity index (χ2v) is 3.86. The molecular weight excluding hydrogens is 235 g/mol. The molecule has 0 aliphatic rings. The normalized spacial score (nSPS) is 10.7. The Labute approximate surface area is 119 Å². The summed E-state index contributed by atoms with van der Waals surface area (Å²) in [4.78, 5) is 0. The van der Waals surface area contributed by atoms with Crippen molar-refractivity contribution in [2.24, 2.45) is 0 Å². The number of hydrogen-bond donors (Lipinski definition) is 0. The molecule has 0 amide bonds. The van der Waals surface area contributed by atoms with E-state index in [0.717, 1.165) is 16.2 Å². The van der Waals surface area contributed by atoms with Crippen molar-refractivity contribution in [2.45, 2.75) is 0 Å². The molecule has 0 aliphatic carbocycles. The van der Waals surface area contributed by atoms with Gasteiger partial charge in [0.25, 0.3) is 0 Å². The van der Waals surface area contributed by atoms with Crippen molar-refractivity contribution in [1.29, 1.82) is 0 Å².